The van der Waals surface area contributed by atoms with Crippen molar-refractivity contribution in [3.8, 4) is 11.4 Å². The summed E-state index contributed by atoms with van der Waals surface area (Å²) in [5.74, 6) is -2.24. The molecule has 146 valence electrons. The van der Waals surface area contributed by atoms with Gasteiger partial charge in [-0.05, 0) is 31.2 Å². The minimum absolute atomic E-state index is 0.0104. The number of hydrogen-bond donors (Lipinski definition) is 2. The fourth-order valence-electron chi connectivity index (χ4n) is 2.42. The lowest BCUT2D eigenvalue weighted by Gasteiger charge is -2.07. The summed E-state index contributed by atoms with van der Waals surface area (Å²) >= 11 is 0. The van der Waals surface area contributed by atoms with Crippen LogP contribution in [0.5, 0.6) is 5.75 Å². The number of carboxylic acids is 2. The molecule has 0 aliphatic rings. The number of para-hydroxylation sites is 2. The highest BCUT2D eigenvalue weighted by Crippen LogP contribution is 2.17. The molecule has 0 saturated heterocycles. The highest BCUT2D eigenvalue weighted by molar-refractivity contribution is 5.90. The molecule has 3 aromatic rings. The van der Waals surface area contributed by atoms with E-state index >= 15 is 0 Å². The van der Waals surface area contributed by atoms with Gasteiger partial charge in [0.1, 0.15) is 11.3 Å². The summed E-state index contributed by atoms with van der Waals surface area (Å²) in [6.45, 7) is 1.37. The van der Waals surface area contributed by atoms with Crippen molar-refractivity contribution in [2.24, 2.45) is 7.05 Å². The number of rotatable bonds is 5. The number of benzene rings is 2. The number of aryl methyl sites for hydroxylation is 1. The van der Waals surface area contributed by atoms with Crippen molar-refractivity contribution < 1.29 is 24.5 Å². The zero-order valence-electron chi connectivity index (χ0n) is 15.4. The number of aliphatic carboxylic acids is 1. The van der Waals surface area contributed by atoms with E-state index in [0.717, 1.165) is 11.4 Å². The molecule has 0 saturated carbocycles. The number of aromatic carboxylic acids is 1. The van der Waals surface area contributed by atoms with Crippen LogP contribution in [0.15, 0.2) is 65.5 Å². The van der Waals surface area contributed by atoms with E-state index in [0.29, 0.717) is 0 Å². The van der Waals surface area contributed by atoms with Crippen molar-refractivity contribution in [2.75, 3.05) is 6.61 Å². The molecule has 0 unspecified atom stereocenters. The summed E-state index contributed by atoms with van der Waals surface area (Å²) in [5, 5.41) is 17.0. The van der Waals surface area contributed by atoms with Gasteiger partial charge in [0.25, 0.3) is 5.56 Å². The molecular formula is C20H20N2O6. The summed E-state index contributed by atoms with van der Waals surface area (Å²) in [6, 6.07) is 17.1. The predicted molar refractivity (Wildman–Crippen MR) is 102 cm³/mol. The molecule has 0 atom stereocenters. The number of aromatic nitrogens is 2. The first-order valence-electron chi connectivity index (χ1n) is 8.29. The monoisotopic (exact) mass is 384 g/mol. The summed E-state index contributed by atoms with van der Waals surface area (Å²) < 4.78 is 8.27. The Labute approximate surface area is 160 Å². The maximum absolute atomic E-state index is 11.6. The van der Waals surface area contributed by atoms with Crippen LogP contribution in [0.1, 0.15) is 16.1 Å². The second-order valence-electron chi connectivity index (χ2n) is 5.78. The van der Waals surface area contributed by atoms with Gasteiger partial charge in [0, 0.05) is 18.8 Å². The van der Waals surface area contributed by atoms with E-state index in [1.165, 1.54) is 18.2 Å². The molecule has 2 aromatic carbocycles. The Hall–Kier alpha value is -3.81. The third kappa shape index (κ3) is 5.10. The van der Waals surface area contributed by atoms with Crippen LogP contribution >= 0.6 is 0 Å². The first-order chi connectivity index (χ1) is 13.3. The van der Waals surface area contributed by atoms with Crippen LogP contribution in [0.25, 0.3) is 5.69 Å². The molecule has 0 bridgehead atoms. The Morgan fingerprint density at radius 2 is 1.61 bits per heavy atom. The largest absolute Gasteiger partial charge is 0.481 e. The second kappa shape index (κ2) is 9.22. The molecule has 1 heterocycles. The van der Waals surface area contributed by atoms with Gasteiger partial charge in [0.15, 0.2) is 6.61 Å². The van der Waals surface area contributed by atoms with Gasteiger partial charge >= 0.3 is 11.9 Å². The van der Waals surface area contributed by atoms with Gasteiger partial charge in [0.05, 0.1) is 5.69 Å². The standard InChI is InChI=1S/C11H12N2O.C9H8O5/c1-9-8-11(14)13(12(9)2)10-6-4-3-5-7-10;10-8(11)5-14-7-4-2-1-3-6(7)9(12)13/h3-8H,1-2H3;1-4H,5H2,(H,10,11)(H,12,13). The van der Waals surface area contributed by atoms with Crippen LogP contribution in [0.2, 0.25) is 0 Å². The van der Waals surface area contributed by atoms with Gasteiger partial charge in [-0.3, -0.25) is 9.48 Å². The smallest absolute Gasteiger partial charge is 0.341 e. The molecule has 0 amide bonds. The fraction of sp³-hybridized carbons (Fsp3) is 0.150. The highest BCUT2D eigenvalue weighted by Gasteiger charge is 2.10. The quantitative estimate of drug-likeness (QED) is 0.698. The lowest BCUT2D eigenvalue weighted by molar-refractivity contribution is -0.139. The fourth-order valence-corrected chi connectivity index (χ4v) is 2.42. The minimum Gasteiger partial charge on any atom is -0.481 e. The number of ether oxygens (including phenoxy) is 1. The van der Waals surface area contributed by atoms with Crippen molar-refractivity contribution in [1.29, 1.82) is 0 Å². The van der Waals surface area contributed by atoms with E-state index in [2.05, 4.69) is 0 Å². The zero-order chi connectivity index (χ0) is 20.7. The Balaban J connectivity index is 0.000000200. The first kappa shape index (κ1) is 20.5. The molecule has 0 fully saturated rings. The molecule has 0 aliphatic heterocycles. The number of hydrogen-bond acceptors (Lipinski definition) is 4. The molecule has 8 heteroatoms. The van der Waals surface area contributed by atoms with Crippen LogP contribution in [-0.4, -0.2) is 38.1 Å². The topological polar surface area (TPSA) is 111 Å². The lowest BCUT2D eigenvalue weighted by atomic mass is 10.2. The van der Waals surface area contributed by atoms with E-state index in [4.69, 9.17) is 14.9 Å². The van der Waals surface area contributed by atoms with Crippen LogP contribution in [0.3, 0.4) is 0 Å². The predicted octanol–water partition coefficient (Wildman–Crippen LogP) is 2.33. The molecule has 0 aliphatic carbocycles. The molecule has 28 heavy (non-hydrogen) atoms. The van der Waals surface area contributed by atoms with E-state index in [9.17, 15) is 14.4 Å². The SMILES string of the molecule is Cc1cc(=O)n(-c2ccccc2)n1C.O=C(O)COc1ccccc1C(=O)O. The minimum atomic E-state index is -1.15. The average Bonchev–Trinajstić information content (AvgIpc) is 2.93. The lowest BCUT2D eigenvalue weighted by Crippen LogP contribution is -2.18. The van der Waals surface area contributed by atoms with E-state index in [-0.39, 0.29) is 16.9 Å². The zero-order valence-corrected chi connectivity index (χ0v) is 15.4. The first-order valence-corrected chi connectivity index (χ1v) is 8.29. The van der Waals surface area contributed by atoms with Gasteiger partial charge in [-0.15, -0.1) is 0 Å². The summed E-state index contributed by atoms with van der Waals surface area (Å²) in [4.78, 5) is 32.4. The normalized spacial score (nSPS) is 9.93. The number of nitrogens with zero attached hydrogens (tertiary/aromatic N) is 2. The van der Waals surface area contributed by atoms with Crippen molar-refractivity contribution in [3.05, 3.63) is 82.3 Å². The molecule has 2 N–H and O–H groups in total. The summed E-state index contributed by atoms with van der Waals surface area (Å²) in [5.41, 5.74) is 1.82. The Bertz CT molecular complexity index is 1020. The van der Waals surface area contributed by atoms with Gasteiger partial charge < -0.3 is 14.9 Å². The molecule has 0 radical (unpaired) electrons. The summed E-state index contributed by atoms with van der Waals surface area (Å²) in [6.07, 6.45) is 0. The van der Waals surface area contributed by atoms with Crippen LogP contribution in [-0.2, 0) is 11.8 Å². The van der Waals surface area contributed by atoms with Gasteiger partial charge in [-0.1, -0.05) is 30.3 Å². The molecule has 3 rings (SSSR count). The molecular weight excluding hydrogens is 364 g/mol. The van der Waals surface area contributed by atoms with Crippen molar-refractivity contribution in [3.63, 3.8) is 0 Å². The molecule has 8 nitrogen and oxygen atoms in total. The van der Waals surface area contributed by atoms with Crippen molar-refractivity contribution in [2.45, 2.75) is 6.92 Å². The molecule has 0 spiro atoms. The van der Waals surface area contributed by atoms with Gasteiger partial charge in [-0.2, -0.15) is 0 Å². The van der Waals surface area contributed by atoms with E-state index < -0.39 is 18.5 Å². The number of carboxylic acid groups (broad SMARTS) is 2. The van der Waals surface area contributed by atoms with E-state index in [1.54, 1.807) is 16.8 Å². The van der Waals surface area contributed by atoms with Crippen LogP contribution < -0.4 is 10.3 Å². The second-order valence-corrected chi connectivity index (χ2v) is 5.78. The number of carbonyl (C=O) groups is 2. The summed E-state index contributed by atoms with van der Waals surface area (Å²) in [7, 11) is 1.88. The van der Waals surface area contributed by atoms with Crippen LogP contribution in [0.4, 0.5) is 0 Å². The van der Waals surface area contributed by atoms with Gasteiger partial charge in [-0.25, -0.2) is 14.3 Å². The van der Waals surface area contributed by atoms with Crippen LogP contribution in [0, 0.1) is 6.92 Å². The Morgan fingerprint density at radius 1 is 1.00 bits per heavy atom. The highest BCUT2D eigenvalue weighted by atomic mass is 16.5. The average molecular weight is 384 g/mol. The maximum Gasteiger partial charge on any atom is 0.341 e. The Kier molecular flexibility index (Phi) is 6.75. The third-order valence-electron chi connectivity index (χ3n) is 3.82. The van der Waals surface area contributed by atoms with Gasteiger partial charge in [0.2, 0.25) is 0 Å². The molecule has 1 aromatic heterocycles. The van der Waals surface area contributed by atoms with E-state index in [1.807, 2.05) is 49.0 Å². The van der Waals surface area contributed by atoms with Crippen molar-refractivity contribution in [1.82, 2.24) is 9.36 Å². The third-order valence-corrected chi connectivity index (χ3v) is 3.82. The maximum atomic E-state index is 11.6. The Morgan fingerprint density at radius 3 is 2.14 bits per heavy atom. The van der Waals surface area contributed by atoms with Crippen molar-refractivity contribution >= 4 is 11.9 Å².